The van der Waals surface area contributed by atoms with Gasteiger partial charge in [-0.15, -0.1) is 11.3 Å². The highest BCUT2D eigenvalue weighted by Crippen LogP contribution is 2.20. The summed E-state index contributed by atoms with van der Waals surface area (Å²) in [5.74, 6) is 1.66. The van der Waals surface area contributed by atoms with Crippen LogP contribution in [0.3, 0.4) is 0 Å². The number of ether oxygens (including phenoxy) is 3. The highest BCUT2D eigenvalue weighted by molar-refractivity contribution is 7.09. The SMILES string of the molecule is COCCCN(Cc1csc(COc2ccc(OC)cc2)n1)C(=O)C(C)C. The van der Waals surface area contributed by atoms with Crippen LogP contribution in [0, 0.1) is 5.92 Å². The number of thiazole rings is 1. The Morgan fingerprint density at radius 3 is 2.52 bits per heavy atom. The van der Waals surface area contributed by atoms with Gasteiger partial charge in [0.2, 0.25) is 5.91 Å². The summed E-state index contributed by atoms with van der Waals surface area (Å²) >= 11 is 1.54. The highest BCUT2D eigenvalue weighted by Gasteiger charge is 2.18. The third-order valence-corrected chi connectivity index (χ3v) is 4.83. The first-order valence-corrected chi connectivity index (χ1v) is 9.89. The Balaban J connectivity index is 1.92. The van der Waals surface area contributed by atoms with Gasteiger partial charge in [-0.2, -0.15) is 0 Å². The van der Waals surface area contributed by atoms with E-state index >= 15 is 0 Å². The van der Waals surface area contributed by atoms with Gasteiger partial charge >= 0.3 is 0 Å². The molecule has 2 aromatic rings. The number of methoxy groups -OCH3 is 2. The molecule has 0 fully saturated rings. The third-order valence-electron chi connectivity index (χ3n) is 3.96. The average molecular weight is 393 g/mol. The largest absolute Gasteiger partial charge is 0.497 e. The number of aromatic nitrogens is 1. The zero-order valence-corrected chi connectivity index (χ0v) is 17.3. The van der Waals surface area contributed by atoms with Gasteiger partial charge in [0.05, 0.1) is 19.3 Å². The molecule has 0 aliphatic heterocycles. The zero-order chi connectivity index (χ0) is 19.6. The van der Waals surface area contributed by atoms with Crippen molar-refractivity contribution < 1.29 is 19.0 Å². The number of rotatable bonds is 11. The molecule has 0 saturated heterocycles. The van der Waals surface area contributed by atoms with Crippen molar-refractivity contribution in [2.75, 3.05) is 27.4 Å². The fourth-order valence-electron chi connectivity index (χ4n) is 2.53. The van der Waals surface area contributed by atoms with Crippen molar-refractivity contribution in [1.29, 1.82) is 0 Å². The van der Waals surface area contributed by atoms with Gasteiger partial charge in [-0.25, -0.2) is 4.98 Å². The van der Waals surface area contributed by atoms with E-state index in [4.69, 9.17) is 14.2 Å². The molecule has 0 unspecified atom stereocenters. The normalized spacial score (nSPS) is 10.9. The molecule has 0 saturated carbocycles. The van der Waals surface area contributed by atoms with Crippen LogP contribution in [0.1, 0.15) is 31.0 Å². The smallest absolute Gasteiger partial charge is 0.225 e. The number of benzene rings is 1. The summed E-state index contributed by atoms with van der Waals surface area (Å²) in [6, 6.07) is 7.45. The van der Waals surface area contributed by atoms with Gasteiger partial charge in [0.25, 0.3) is 0 Å². The highest BCUT2D eigenvalue weighted by atomic mass is 32.1. The molecule has 0 aliphatic rings. The van der Waals surface area contributed by atoms with Gasteiger partial charge in [-0.05, 0) is 30.7 Å². The first-order chi connectivity index (χ1) is 13.0. The van der Waals surface area contributed by atoms with Crippen molar-refractivity contribution in [1.82, 2.24) is 9.88 Å². The van der Waals surface area contributed by atoms with Crippen LogP contribution in [-0.2, 0) is 22.7 Å². The lowest BCUT2D eigenvalue weighted by atomic mass is 10.2. The Bertz CT molecular complexity index is 700. The average Bonchev–Trinajstić information content (AvgIpc) is 3.13. The topological polar surface area (TPSA) is 60.9 Å². The Labute approximate surface area is 165 Å². The minimum absolute atomic E-state index is 0.0379. The minimum Gasteiger partial charge on any atom is -0.497 e. The van der Waals surface area contributed by atoms with E-state index in [0.29, 0.717) is 26.3 Å². The summed E-state index contributed by atoms with van der Waals surface area (Å²) in [7, 11) is 3.31. The molecule has 0 radical (unpaired) electrons. The lowest BCUT2D eigenvalue weighted by molar-refractivity contribution is -0.135. The molecule has 148 valence electrons. The molecular formula is C20H28N2O4S. The molecule has 1 aromatic heterocycles. The standard InChI is InChI=1S/C20H28N2O4S/c1-15(2)20(23)22(10-5-11-24-3)12-16-14-27-19(21-16)13-26-18-8-6-17(25-4)7-9-18/h6-9,14-15H,5,10-13H2,1-4H3. The van der Waals surface area contributed by atoms with Crippen LogP contribution in [-0.4, -0.2) is 43.2 Å². The Hall–Kier alpha value is -2.12. The van der Waals surface area contributed by atoms with Gasteiger partial charge in [0.1, 0.15) is 23.1 Å². The van der Waals surface area contributed by atoms with E-state index in [1.54, 1.807) is 25.6 Å². The van der Waals surface area contributed by atoms with Gasteiger partial charge in [0.15, 0.2) is 0 Å². The fourth-order valence-corrected chi connectivity index (χ4v) is 3.23. The lowest BCUT2D eigenvalue weighted by Crippen LogP contribution is -2.35. The molecule has 0 N–H and O–H groups in total. The van der Waals surface area contributed by atoms with Gasteiger partial charge in [0, 0.05) is 31.6 Å². The van der Waals surface area contributed by atoms with Crippen molar-refractivity contribution in [3.05, 3.63) is 40.3 Å². The van der Waals surface area contributed by atoms with Crippen molar-refractivity contribution >= 4 is 17.2 Å². The van der Waals surface area contributed by atoms with Crippen LogP contribution >= 0.6 is 11.3 Å². The predicted molar refractivity (Wildman–Crippen MR) is 106 cm³/mol. The molecule has 2 rings (SSSR count). The molecule has 1 aromatic carbocycles. The second-order valence-corrected chi connectivity index (χ2v) is 7.40. The third kappa shape index (κ3) is 6.84. The lowest BCUT2D eigenvalue weighted by Gasteiger charge is -2.23. The number of hydrogen-bond donors (Lipinski definition) is 0. The van der Waals surface area contributed by atoms with E-state index in [1.807, 2.05) is 48.4 Å². The van der Waals surface area contributed by atoms with Gasteiger partial charge < -0.3 is 19.1 Å². The number of nitrogens with zero attached hydrogens (tertiary/aromatic N) is 2. The summed E-state index contributed by atoms with van der Waals surface area (Å²) in [5, 5.41) is 2.87. The van der Waals surface area contributed by atoms with E-state index < -0.39 is 0 Å². The minimum atomic E-state index is -0.0379. The maximum absolute atomic E-state index is 12.4. The zero-order valence-electron chi connectivity index (χ0n) is 16.4. The monoisotopic (exact) mass is 392 g/mol. The van der Waals surface area contributed by atoms with E-state index in [0.717, 1.165) is 28.6 Å². The predicted octanol–water partition coefficient (Wildman–Crippen LogP) is 3.75. The number of carbonyl (C=O) groups excluding carboxylic acids is 1. The van der Waals surface area contributed by atoms with Crippen LogP contribution < -0.4 is 9.47 Å². The number of hydrogen-bond acceptors (Lipinski definition) is 6. The number of amides is 1. The summed E-state index contributed by atoms with van der Waals surface area (Å²) < 4.78 is 16.0. The van der Waals surface area contributed by atoms with Crippen molar-refractivity contribution in [3.8, 4) is 11.5 Å². The van der Waals surface area contributed by atoms with Crippen molar-refractivity contribution in [2.24, 2.45) is 5.92 Å². The molecule has 1 amide bonds. The molecular weight excluding hydrogens is 364 g/mol. The molecule has 1 heterocycles. The molecule has 27 heavy (non-hydrogen) atoms. The second kappa shape index (κ2) is 10.9. The van der Waals surface area contributed by atoms with Crippen LogP contribution in [0.4, 0.5) is 0 Å². The van der Waals surface area contributed by atoms with E-state index in [9.17, 15) is 4.79 Å². The van der Waals surface area contributed by atoms with E-state index in [1.165, 1.54) is 0 Å². The van der Waals surface area contributed by atoms with Crippen LogP contribution in [0.5, 0.6) is 11.5 Å². The van der Waals surface area contributed by atoms with Gasteiger partial charge in [-0.1, -0.05) is 13.8 Å². The van der Waals surface area contributed by atoms with E-state index in [2.05, 4.69) is 4.98 Å². The Morgan fingerprint density at radius 2 is 1.89 bits per heavy atom. The molecule has 0 spiro atoms. The Morgan fingerprint density at radius 1 is 1.19 bits per heavy atom. The quantitative estimate of drug-likeness (QED) is 0.545. The van der Waals surface area contributed by atoms with Crippen LogP contribution in [0.2, 0.25) is 0 Å². The second-order valence-electron chi connectivity index (χ2n) is 6.46. The molecule has 0 aliphatic carbocycles. The maximum Gasteiger partial charge on any atom is 0.225 e. The van der Waals surface area contributed by atoms with Crippen LogP contribution in [0.15, 0.2) is 29.6 Å². The molecule has 7 heteroatoms. The first kappa shape index (κ1) is 21.2. The summed E-state index contributed by atoms with van der Waals surface area (Å²) in [6.45, 7) is 6.06. The van der Waals surface area contributed by atoms with Crippen molar-refractivity contribution in [2.45, 2.75) is 33.4 Å². The molecule has 0 atom stereocenters. The summed E-state index contributed by atoms with van der Waals surface area (Å²) in [4.78, 5) is 18.9. The van der Waals surface area contributed by atoms with Gasteiger partial charge in [-0.3, -0.25) is 4.79 Å². The molecule has 6 nitrogen and oxygen atoms in total. The van der Waals surface area contributed by atoms with E-state index in [-0.39, 0.29) is 11.8 Å². The number of carbonyl (C=O) groups is 1. The summed E-state index contributed by atoms with van der Waals surface area (Å²) in [6.07, 6.45) is 0.812. The Kier molecular flexibility index (Phi) is 8.54. The maximum atomic E-state index is 12.4. The van der Waals surface area contributed by atoms with Crippen LogP contribution in [0.25, 0.3) is 0 Å². The first-order valence-electron chi connectivity index (χ1n) is 9.01. The summed E-state index contributed by atoms with van der Waals surface area (Å²) in [5.41, 5.74) is 0.889. The molecule has 0 bridgehead atoms. The van der Waals surface area contributed by atoms with Crippen molar-refractivity contribution in [3.63, 3.8) is 0 Å². The fraction of sp³-hybridized carbons (Fsp3) is 0.500.